The van der Waals surface area contributed by atoms with Crippen molar-refractivity contribution < 1.29 is 0 Å². The summed E-state index contributed by atoms with van der Waals surface area (Å²) in [6, 6.07) is 5.93. The lowest BCUT2D eigenvalue weighted by molar-refractivity contribution is 0.0137. The van der Waals surface area contributed by atoms with Crippen LogP contribution in [0.1, 0.15) is 36.9 Å². The Balaban J connectivity index is 1.74. The number of hydrogen-bond donors (Lipinski definition) is 1. The first-order valence-electron chi connectivity index (χ1n) is 7.13. The van der Waals surface area contributed by atoms with Gasteiger partial charge in [0.05, 0.1) is 0 Å². The van der Waals surface area contributed by atoms with Gasteiger partial charge >= 0.3 is 0 Å². The second kappa shape index (κ2) is 5.28. The summed E-state index contributed by atoms with van der Waals surface area (Å²) >= 11 is 0. The van der Waals surface area contributed by atoms with Gasteiger partial charge < -0.3 is 5.32 Å². The molecule has 2 fully saturated rings. The molecule has 0 atom stereocenters. The van der Waals surface area contributed by atoms with E-state index in [0.29, 0.717) is 11.2 Å². The topological polar surface area (TPSA) is 52.0 Å². The maximum atomic E-state index is 8.79. The molecular formula is C15H20N4. The first-order chi connectivity index (χ1) is 9.32. The van der Waals surface area contributed by atoms with Crippen LogP contribution in [-0.4, -0.2) is 35.1 Å². The third kappa shape index (κ3) is 2.49. The molecule has 4 heteroatoms. The Morgan fingerprint density at radius 1 is 1.32 bits per heavy atom. The largest absolute Gasteiger partial charge is 0.315 e. The van der Waals surface area contributed by atoms with Gasteiger partial charge in [0.15, 0.2) is 0 Å². The number of nitriles is 1. The minimum absolute atomic E-state index is 0.428. The van der Waals surface area contributed by atoms with E-state index in [-0.39, 0.29) is 0 Å². The highest BCUT2D eigenvalue weighted by Crippen LogP contribution is 2.41. The molecule has 1 aliphatic carbocycles. The minimum atomic E-state index is 0.428. The normalized spacial score (nSPS) is 22.5. The zero-order valence-electron chi connectivity index (χ0n) is 11.2. The Hall–Kier alpha value is -1.44. The zero-order chi connectivity index (χ0) is 13.1. The number of nitrogens with one attached hydrogen (secondary N) is 1. The molecule has 100 valence electrons. The number of rotatable bonds is 2. The van der Waals surface area contributed by atoms with Crippen molar-refractivity contribution in [2.75, 3.05) is 19.6 Å². The molecule has 1 aromatic rings. The molecule has 0 bridgehead atoms. The van der Waals surface area contributed by atoms with Gasteiger partial charge in [-0.2, -0.15) is 5.26 Å². The molecule has 3 rings (SSSR count). The molecule has 0 amide bonds. The van der Waals surface area contributed by atoms with Gasteiger partial charge in [-0.25, -0.2) is 4.98 Å². The van der Waals surface area contributed by atoms with E-state index in [1.807, 2.05) is 18.3 Å². The van der Waals surface area contributed by atoms with Crippen LogP contribution in [0.5, 0.6) is 0 Å². The lowest BCUT2D eigenvalue weighted by Gasteiger charge is -2.49. The van der Waals surface area contributed by atoms with E-state index in [4.69, 9.17) is 5.26 Å². The van der Waals surface area contributed by atoms with Gasteiger partial charge in [-0.05, 0) is 43.9 Å². The molecule has 0 unspecified atom stereocenters. The van der Waals surface area contributed by atoms with Crippen molar-refractivity contribution in [3.63, 3.8) is 0 Å². The van der Waals surface area contributed by atoms with Crippen LogP contribution < -0.4 is 5.32 Å². The van der Waals surface area contributed by atoms with E-state index >= 15 is 0 Å². The van der Waals surface area contributed by atoms with Gasteiger partial charge in [-0.3, -0.25) is 4.90 Å². The van der Waals surface area contributed by atoms with E-state index in [9.17, 15) is 0 Å². The van der Waals surface area contributed by atoms with Crippen LogP contribution in [0.3, 0.4) is 0 Å². The lowest BCUT2D eigenvalue weighted by atomic mass is 9.73. The van der Waals surface area contributed by atoms with Gasteiger partial charge in [-0.15, -0.1) is 0 Å². The molecule has 4 nitrogen and oxygen atoms in total. The van der Waals surface area contributed by atoms with E-state index in [1.54, 1.807) is 0 Å². The molecule has 1 saturated carbocycles. The highest BCUT2D eigenvalue weighted by Gasteiger charge is 2.42. The van der Waals surface area contributed by atoms with Gasteiger partial charge in [0.2, 0.25) is 0 Å². The molecule has 1 aromatic heterocycles. The molecule has 0 radical (unpaired) electrons. The highest BCUT2D eigenvalue weighted by atomic mass is 15.2. The van der Waals surface area contributed by atoms with Crippen LogP contribution in [0.4, 0.5) is 0 Å². The van der Waals surface area contributed by atoms with Gasteiger partial charge in [0.1, 0.15) is 11.8 Å². The van der Waals surface area contributed by atoms with E-state index in [1.165, 1.54) is 31.2 Å². The van der Waals surface area contributed by atoms with Crippen LogP contribution >= 0.6 is 0 Å². The van der Waals surface area contributed by atoms with Crippen LogP contribution in [0.2, 0.25) is 0 Å². The Kier molecular flexibility index (Phi) is 3.50. The highest BCUT2D eigenvalue weighted by molar-refractivity contribution is 5.23. The van der Waals surface area contributed by atoms with E-state index < -0.39 is 0 Å². The van der Waals surface area contributed by atoms with E-state index in [0.717, 1.165) is 26.2 Å². The minimum Gasteiger partial charge on any atom is -0.315 e. The quantitative estimate of drug-likeness (QED) is 0.874. The predicted molar refractivity (Wildman–Crippen MR) is 73.4 cm³/mol. The van der Waals surface area contributed by atoms with Crippen molar-refractivity contribution in [3.8, 4) is 6.07 Å². The van der Waals surface area contributed by atoms with Crippen LogP contribution in [-0.2, 0) is 6.54 Å². The van der Waals surface area contributed by atoms with Crippen molar-refractivity contribution in [2.24, 2.45) is 0 Å². The Morgan fingerprint density at radius 3 is 2.84 bits per heavy atom. The molecule has 0 aromatic carbocycles. The monoisotopic (exact) mass is 256 g/mol. The predicted octanol–water partition coefficient (Wildman–Crippen LogP) is 1.67. The Morgan fingerprint density at radius 2 is 2.21 bits per heavy atom. The fourth-order valence-electron chi connectivity index (χ4n) is 3.26. The molecule has 1 N–H and O–H groups in total. The summed E-state index contributed by atoms with van der Waals surface area (Å²) in [5, 5.41) is 12.3. The standard InChI is InChI=1S/C15H20N4/c16-10-14-3-2-13(11-18-14)12-19-9-8-17-7-6-15(19)4-1-5-15/h2-3,11,17H,1,4-9,12H2. The summed E-state index contributed by atoms with van der Waals surface area (Å²) in [6.07, 6.45) is 7.14. The molecule has 19 heavy (non-hydrogen) atoms. The number of hydrogen-bond acceptors (Lipinski definition) is 4. The fourth-order valence-corrected chi connectivity index (χ4v) is 3.26. The second-order valence-corrected chi connectivity index (χ2v) is 5.66. The molecule has 1 aliphatic heterocycles. The van der Waals surface area contributed by atoms with E-state index in [2.05, 4.69) is 21.3 Å². The third-order valence-corrected chi connectivity index (χ3v) is 4.59. The molecular weight excluding hydrogens is 236 g/mol. The lowest BCUT2D eigenvalue weighted by Crippen LogP contribution is -2.53. The smallest absolute Gasteiger partial charge is 0.140 e. The molecule has 2 aliphatic rings. The van der Waals surface area contributed by atoms with Crippen molar-refractivity contribution in [3.05, 3.63) is 29.6 Å². The molecule has 1 spiro atoms. The Bertz CT molecular complexity index is 470. The summed E-state index contributed by atoms with van der Waals surface area (Å²) in [5.74, 6) is 0. The maximum absolute atomic E-state index is 8.79. The summed E-state index contributed by atoms with van der Waals surface area (Å²) in [7, 11) is 0. The van der Waals surface area contributed by atoms with Crippen molar-refractivity contribution >= 4 is 0 Å². The molecule has 2 heterocycles. The molecule has 1 saturated heterocycles. The average Bonchev–Trinajstić information content (AvgIpc) is 2.62. The average molecular weight is 256 g/mol. The second-order valence-electron chi connectivity index (χ2n) is 5.66. The Labute approximate surface area is 114 Å². The number of pyridine rings is 1. The summed E-state index contributed by atoms with van der Waals surface area (Å²) < 4.78 is 0. The third-order valence-electron chi connectivity index (χ3n) is 4.59. The van der Waals surface area contributed by atoms with Crippen molar-refractivity contribution in [1.82, 2.24) is 15.2 Å². The fraction of sp³-hybridized carbons (Fsp3) is 0.600. The summed E-state index contributed by atoms with van der Waals surface area (Å²) in [6.45, 7) is 4.29. The maximum Gasteiger partial charge on any atom is 0.140 e. The zero-order valence-corrected chi connectivity index (χ0v) is 11.2. The summed E-state index contributed by atoms with van der Waals surface area (Å²) in [5.41, 5.74) is 2.14. The van der Waals surface area contributed by atoms with Gasteiger partial charge in [0, 0.05) is 31.4 Å². The SMILES string of the molecule is N#Cc1ccc(CN2CCNCCC23CCC3)cn1. The number of aromatic nitrogens is 1. The van der Waals surface area contributed by atoms with Crippen molar-refractivity contribution in [2.45, 2.75) is 37.8 Å². The van der Waals surface area contributed by atoms with Crippen molar-refractivity contribution in [1.29, 1.82) is 5.26 Å². The van der Waals surface area contributed by atoms with Crippen LogP contribution in [0.25, 0.3) is 0 Å². The summed E-state index contributed by atoms with van der Waals surface area (Å²) in [4.78, 5) is 6.80. The first-order valence-corrected chi connectivity index (χ1v) is 7.13. The van der Waals surface area contributed by atoms with Crippen LogP contribution in [0.15, 0.2) is 18.3 Å². The van der Waals surface area contributed by atoms with Gasteiger partial charge in [0.25, 0.3) is 0 Å². The number of nitrogens with zero attached hydrogens (tertiary/aromatic N) is 3. The first kappa shape index (κ1) is 12.6. The van der Waals surface area contributed by atoms with Crippen LogP contribution in [0, 0.1) is 11.3 Å². The van der Waals surface area contributed by atoms with Gasteiger partial charge in [-0.1, -0.05) is 6.07 Å².